The summed E-state index contributed by atoms with van der Waals surface area (Å²) in [6.07, 6.45) is 1.13. The highest BCUT2D eigenvalue weighted by Crippen LogP contribution is 2.32. The summed E-state index contributed by atoms with van der Waals surface area (Å²) in [6.45, 7) is 4.38. The quantitative estimate of drug-likeness (QED) is 0.777. The third-order valence-corrected chi connectivity index (χ3v) is 3.53. The summed E-state index contributed by atoms with van der Waals surface area (Å²) >= 11 is 0. The van der Waals surface area contributed by atoms with Crippen molar-refractivity contribution < 1.29 is 19.0 Å². The van der Waals surface area contributed by atoms with Crippen LogP contribution in [0.5, 0.6) is 0 Å². The van der Waals surface area contributed by atoms with Gasteiger partial charge in [-0.3, -0.25) is 4.79 Å². The molecule has 0 spiro atoms. The Bertz CT molecular complexity index is 441. The molecule has 1 aliphatic heterocycles. The fourth-order valence-electron chi connectivity index (χ4n) is 2.54. The number of rotatable bonds is 5. The van der Waals surface area contributed by atoms with Gasteiger partial charge in [0, 0.05) is 0 Å². The summed E-state index contributed by atoms with van der Waals surface area (Å²) in [7, 11) is 1.42. The van der Waals surface area contributed by atoms with Crippen LogP contribution in [0, 0.1) is 0 Å². The number of benzene rings is 1. The number of carbonyl (C=O) groups is 1. The van der Waals surface area contributed by atoms with Crippen LogP contribution >= 0.6 is 0 Å². The molecule has 2 atom stereocenters. The van der Waals surface area contributed by atoms with E-state index in [0.29, 0.717) is 13.0 Å². The molecule has 0 saturated carbocycles. The average molecular weight is 278 g/mol. The molecule has 20 heavy (non-hydrogen) atoms. The molecule has 0 aromatic heterocycles. The highest BCUT2D eigenvalue weighted by molar-refractivity contribution is 5.70. The maximum atomic E-state index is 11.6. The van der Waals surface area contributed by atoms with Crippen molar-refractivity contribution in [3.05, 3.63) is 35.9 Å². The zero-order valence-electron chi connectivity index (χ0n) is 12.3. The second-order valence-corrected chi connectivity index (χ2v) is 5.57. The van der Waals surface area contributed by atoms with E-state index in [-0.39, 0.29) is 18.0 Å². The number of methoxy groups -OCH3 is 1. The molecule has 2 rings (SSSR count). The monoisotopic (exact) mass is 278 g/mol. The van der Waals surface area contributed by atoms with Crippen molar-refractivity contribution in [2.24, 2.45) is 0 Å². The van der Waals surface area contributed by atoms with Gasteiger partial charge in [0.25, 0.3) is 0 Å². The molecule has 0 amide bonds. The number of hydrogen-bond donors (Lipinski definition) is 0. The minimum absolute atomic E-state index is 0.0138. The van der Waals surface area contributed by atoms with Crippen molar-refractivity contribution in [1.29, 1.82) is 0 Å². The Morgan fingerprint density at radius 3 is 2.65 bits per heavy atom. The summed E-state index contributed by atoms with van der Waals surface area (Å²) in [5.74, 6) is -0.639. The van der Waals surface area contributed by atoms with Gasteiger partial charge in [-0.15, -0.1) is 0 Å². The molecular weight excluding hydrogens is 256 g/mol. The molecule has 1 fully saturated rings. The molecule has 4 nitrogen and oxygen atoms in total. The van der Waals surface area contributed by atoms with Gasteiger partial charge in [0.05, 0.1) is 26.2 Å². The molecule has 1 aliphatic rings. The predicted molar refractivity (Wildman–Crippen MR) is 75.3 cm³/mol. The minimum atomic E-state index is -0.531. The van der Waals surface area contributed by atoms with E-state index in [4.69, 9.17) is 14.2 Å². The second kappa shape index (κ2) is 6.37. The molecule has 4 heteroatoms. The Kier molecular flexibility index (Phi) is 4.78. The van der Waals surface area contributed by atoms with Gasteiger partial charge in [0.1, 0.15) is 0 Å². The molecule has 1 heterocycles. The van der Waals surface area contributed by atoms with Gasteiger partial charge >= 0.3 is 5.97 Å². The largest absolute Gasteiger partial charge is 0.469 e. The highest BCUT2D eigenvalue weighted by atomic mass is 16.7. The van der Waals surface area contributed by atoms with Crippen LogP contribution in [0.3, 0.4) is 0 Å². The first kappa shape index (κ1) is 15.0. The van der Waals surface area contributed by atoms with E-state index in [1.165, 1.54) is 7.11 Å². The van der Waals surface area contributed by atoms with Gasteiger partial charge in [0.2, 0.25) is 0 Å². The van der Waals surface area contributed by atoms with Gasteiger partial charge < -0.3 is 14.2 Å². The molecule has 0 unspecified atom stereocenters. The SMILES string of the molecule is COC(=O)C[C@@H](C[C@H]1COC(C)(C)O1)c1ccccc1. The van der Waals surface area contributed by atoms with Crippen molar-refractivity contribution in [2.75, 3.05) is 13.7 Å². The van der Waals surface area contributed by atoms with Crippen molar-refractivity contribution in [2.45, 2.75) is 44.5 Å². The van der Waals surface area contributed by atoms with Crippen molar-refractivity contribution in [3.8, 4) is 0 Å². The van der Waals surface area contributed by atoms with Crippen LogP contribution in [0.1, 0.15) is 38.2 Å². The van der Waals surface area contributed by atoms with E-state index >= 15 is 0 Å². The third-order valence-electron chi connectivity index (χ3n) is 3.53. The molecule has 1 aromatic rings. The van der Waals surface area contributed by atoms with Gasteiger partial charge in [-0.2, -0.15) is 0 Å². The van der Waals surface area contributed by atoms with Gasteiger partial charge in [-0.05, 0) is 31.7 Å². The zero-order chi connectivity index (χ0) is 14.6. The summed E-state index contributed by atoms with van der Waals surface area (Å²) in [6, 6.07) is 10.0. The molecule has 110 valence electrons. The van der Waals surface area contributed by atoms with Crippen molar-refractivity contribution in [3.63, 3.8) is 0 Å². The standard InChI is InChI=1S/C16H22O4/c1-16(2)19-11-14(20-16)9-13(10-15(17)18-3)12-7-5-4-6-8-12/h4-8,13-14H,9-11H2,1-3H3/t13-,14+/m1/s1. The molecule has 0 bridgehead atoms. The predicted octanol–water partition coefficient (Wildman–Crippen LogP) is 2.87. The van der Waals surface area contributed by atoms with Crippen molar-refractivity contribution in [1.82, 2.24) is 0 Å². The Balaban J connectivity index is 2.05. The van der Waals surface area contributed by atoms with E-state index in [0.717, 1.165) is 12.0 Å². The van der Waals surface area contributed by atoms with Gasteiger partial charge in [0.15, 0.2) is 5.79 Å². The Labute approximate surface area is 120 Å². The molecule has 1 saturated heterocycles. The lowest BCUT2D eigenvalue weighted by Crippen LogP contribution is -2.23. The van der Waals surface area contributed by atoms with Crippen LogP contribution in [0.15, 0.2) is 30.3 Å². The topological polar surface area (TPSA) is 44.8 Å². The fourth-order valence-corrected chi connectivity index (χ4v) is 2.54. The van der Waals surface area contributed by atoms with Crippen LogP contribution in [0.25, 0.3) is 0 Å². The van der Waals surface area contributed by atoms with Gasteiger partial charge in [-0.1, -0.05) is 30.3 Å². The third kappa shape index (κ3) is 4.05. The van der Waals surface area contributed by atoms with Crippen LogP contribution in [0.4, 0.5) is 0 Å². The van der Waals surface area contributed by atoms with Gasteiger partial charge in [-0.25, -0.2) is 0 Å². The summed E-state index contributed by atoms with van der Waals surface area (Å²) in [5.41, 5.74) is 1.13. The normalized spacial score (nSPS) is 22.4. The first-order valence-corrected chi connectivity index (χ1v) is 6.94. The molecule has 0 aliphatic carbocycles. The first-order chi connectivity index (χ1) is 9.50. The summed E-state index contributed by atoms with van der Waals surface area (Å²) in [5, 5.41) is 0. The van der Waals surface area contributed by atoms with E-state index < -0.39 is 5.79 Å². The number of ether oxygens (including phenoxy) is 3. The van der Waals surface area contributed by atoms with Crippen LogP contribution in [0.2, 0.25) is 0 Å². The lowest BCUT2D eigenvalue weighted by atomic mass is 9.90. The Morgan fingerprint density at radius 2 is 2.10 bits per heavy atom. The summed E-state index contributed by atoms with van der Waals surface area (Å²) < 4.78 is 16.2. The molecular formula is C16H22O4. The summed E-state index contributed by atoms with van der Waals surface area (Å²) in [4.78, 5) is 11.6. The molecule has 0 N–H and O–H groups in total. The Morgan fingerprint density at radius 1 is 1.40 bits per heavy atom. The first-order valence-electron chi connectivity index (χ1n) is 6.94. The van der Waals surface area contributed by atoms with Crippen LogP contribution in [-0.2, 0) is 19.0 Å². The fraction of sp³-hybridized carbons (Fsp3) is 0.562. The maximum Gasteiger partial charge on any atom is 0.306 e. The second-order valence-electron chi connectivity index (χ2n) is 5.57. The van der Waals surface area contributed by atoms with E-state index in [9.17, 15) is 4.79 Å². The number of esters is 1. The average Bonchev–Trinajstić information content (AvgIpc) is 2.78. The number of carbonyl (C=O) groups excluding carboxylic acids is 1. The molecule has 1 aromatic carbocycles. The number of hydrogen-bond acceptors (Lipinski definition) is 4. The minimum Gasteiger partial charge on any atom is -0.469 e. The van der Waals surface area contributed by atoms with E-state index in [1.807, 2.05) is 44.2 Å². The zero-order valence-corrected chi connectivity index (χ0v) is 12.3. The van der Waals surface area contributed by atoms with Crippen molar-refractivity contribution >= 4 is 5.97 Å². The Hall–Kier alpha value is -1.39. The lowest BCUT2D eigenvalue weighted by molar-refractivity contribution is -0.142. The van der Waals surface area contributed by atoms with Crippen LogP contribution in [-0.4, -0.2) is 31.6 Å². The highest BCUT2D eigenvalue weighted by Gasteiger charge is 2.34. The van der Waals surface area contributed by atoms with E-state index in [2.05, 4.69) is 0 Å². The maximum absolute atomic E-state index is 11.6. The van der Waals surface area contributed by atoms with Crippen LogP contribution < -0.4 is 0 Å². The smallest absolute Gasteiger partial charge is 0.306 e. The van der Waals surface area contributed by atoms with E-state index in [1.54, 1.807) is 0 Å². The molecule has 0 radical (unpaired) electrons. The lowest BCUT2D eigenvalue weighted by Gasteiger charge is -2.21.